The highest BCUT2D eigenvalue weighted by atomic mass is 32.2. The fourth-order valence-electron chi connectivity index (χ4n) is 3.57. The maximum Gasteiger partial charge on any atom is 0.274 e. The van der Waals surface area contributed by atoms with Crippen LogP contribution in [0.25, 0.3) is 17.0 Å². The van der Waals surface area contributed by atoms with Crippen LogP contribution in [0.2, 0.25) is 0 Å². The van der Waals surface area contributed by atoms with E-state index in [9.17, 15) is 13.2 Å². The van der Waals surface area contributed by atoms with Gasteiger partial charge >= 0.3 is 0 Å². The normalized spacial score (nSPS) is 14.6. The highest BCUT2D eigenvalue weighted by Gasteiger charge is 2.26. The molecule has 3 aromatic rings. The van der Waals surface area contributed by atoms with Crippen LogP contribution in [0.5, 0.6) is 0 Å². The molecule has 1 fully saturated rings. The van der Waals surface area contributed by atoms with Crippen molar-refractivity contribution in [2.45, 2.75) is 30.7 Å². The molecule has 0 radical (unpaired) electrons. The first-order chi connectivity index (χ1) is 16.3. The predicted octanol–water partition coefficient (Wildman–Crippen LogP) is 4.31. The molecule has 0 spiro atoms. The molecule has 1 N–H and O–H groups in total. The van der Waals surface area contributed by atoms with E-state index in [1.807, 2.05) is 18.2 Å². The summed E-state index contributed by atoms with van der Waals surface area (Å²) in [5.41, 5.74) is 2.84. The molecule has 1 aliphatic rings. The molecule has 9 heteroatoms. The van der Waals surface area contributed by atoms with Crippen molar-refractivity contribution >= 4 is 33.7 Å². The summed E-state index contributed by atoms with van der Waals surface area (Å²) in [5, 5.41) is 11.1. The minimum Gasteiger partial charge on any atom is -0.321 e. The van der Waals surface area contributed by atoms with Gasteiger partial charge in [0, 0.05) is 23.5 Å². The summed E-state index contributed by atoms with van der Waals surface area (Å²) in [4.78, 5) is 17.1. The highest BCUT2D eigenvalue weighted by Crippen LogP contribution is 2.37. The lowest BCUT2D eigenvalue weighted by atomic mass is 10.0. The molecule has 1 aliphatic carbocycles. The van der Waals surface area contributed by atoms with Gasteiger partial charge in [-0.15, -0.1) is 10.2 Å². The van der Waals surface area contributed by atoms with E-state index in [0.29, 0.717) is 22.9 Å². The van der Waals surface area contributed by atoms with Gasteiger partial charge < -0.3 is 9.88 Å². The van der Waals surface area contributed by atoms with E-state index in [2.05, 4.69) is 31.8 Å². The van der Waals surface area contributed by atoms with Crippen LogP contribution in [-0.4, -0.2) is 42.1 Å². The van der Waals surface area contributed by atoms with Gasteiger partial charge in [-0.1, -0.05) is 30.3 Å². The number of hydrogen-bond donors (Lipinski definition) is 1. The number of carbonyl (C=O) groups is 1. The van der Waals surface area contributed by atoms with Crippen molar-refractivity contribution in [1.29, 1.82) is 0 Å². The smallest absolute Gasteiger partial charge is 0.274 e. The SMILES string of the molecule is C=NC(=CC(=CC)c1cccc(S(C)(=O)=O)c1)C(=O)Nc1cccc(-c2nncn2C2CC2)c1. The van der Waals surface area contributed by atoms with Crippen molar-refractivity contribution in [2.24, 2.45) is 4.99 Å². The molecule has 34 heavy (non-hydrogen) atoms. The summed E-state index contributed by atoms with van der Waals surface area (Å²) < 4.78 is 25.9. The summed E-state index contributed by atoms with van der Waals surface area (Å²) >= 11 is 0. The number of rotatable bonds is 8. The summed E-state index contributed by atoms with van der Waals surface area (Å²) in [6.45, 7) is 5.34. The van der Waals surface area contributed by atoms with Gasteiger partial charge in [0.15, 0.2) is 15.7 Å². The van der Waals surface area contributed by atoms with Gasteiger partial charge in [0.25, 0.3) is 5.91 Å². The molecule has 0 aliphatic heterocycles. The Bertz CT molecular complexity index is 1420. The average Bonchev–Trinajstić information content (AvgIpc) is 3.55. The number of aromatic nitrogens is 3. The molecule has 0 atom stereocenters. The first-order valence-electron chi connectivity index (χ1n) is 10.8. The largest absolute Gasteiger partial charge is 0.321 e. The molecular weight excluding hydrogens is 450 g/mol. The van der Waals surface area contributed by atoms with Crippen LogP contribution in [0.3, 0.4) is 0 Å². The molecule has 0 saturated heterocycles. The van der Waals surface area contributed by atoms with Gasteiger partial charge in [-0.25, -0.2) is 8.42 Å². The highest BCUT2D eigenvalue weighted by molar-refractivity contribution is 7.90. The van der Waals surface area contributed by atoms with E-state index in [-0.39, 0.29) is 10.6 Å². The number of aliphatic imine (C=N–C) groups is 1. The molecule has 1 heterocycles. The Balaban J connectivity index is 1.57. The average molecular weight is 476 g/mol. The van der Waals surface area contributed by atoms with Gasteiger partial charge in [0.2, 0.25) is 0 Å². The standard InChI is InChI=1S/C25H25N5O3S/c1-4-17(18-7-6-10-22(14-18)34(3,32)33)15-23(26-2)25(31)28-20-9-5-8-19(13-20)24-29-27-16-30(24)21-11-12-21/h4-10,13-16,21H,2,11-12H2,1,3H3,(H,28,31). The van der Waals surface area contributed by atoms with E-state index >= 15 is 0 Å². The fraction of sp³-hybridized carbons (Fsp3) is 0.200. The molecule has 1 saturated carbocycles. The molecule has 1 aromatic heterocycles. The number of carbonyl (C=O) groups excluding carboxylic acids is 1. The number of hydrogen-bond acceptors (Lipinski definition) is 6. The Morgan fingerprint density at radius 3 is 2.65 bits per heavy atom. The molecule has 2 aromatic carbocycles. The van der Waals surface area contributed by atoms with Crippen molar-refractivity contribution in [3.63, 3.8) is 0 Å². The zero-order valence-electron chi connectivity index (χ0n) is 19.0. The second-order valence-corrected chi connectivity index (χ2v) is 10.1. The third kappa shape index (κ3) is 5.20. The van der Waals surface area contributed by atoms with E-state index in [1.165, 1.54) is 6.07 Å². The Morgan fingerprint density at radius 2 is 1.97 bits per heavy atom. The van der Waals surface area contributed by atoms with Gasteiger partial charge in [-0.05, 0) is 68.0 Å². The Labute approximate surface area is 198 Å². The van der Waals surface area contributed by atoms with Crippen LogP contribution in [0.15, 0.2) is 82.6 Å². The lowest BCUT2D eigenvalue weighted by Crippen LogP contribution is -2.13. The van der Waals surface area contributed by atoms with E-state index < -0.39 is 15.7 Å². The molecule has 0 bridgehead atoms. The number of anilines is 1. The summed E-state index contributed by atoms with van der Waals surface area (Å²) in [6.07, 6.45) is 8.48. The maximum absolute atomic E-state index is 13.0. The molecule has 8 nitrogen and oxygen atoms in total. The molecule has 4 rings (SSSR count). The van der Waals surface area contributed by atoms with Gasteiger partial charge in [-0.2, -0.15) is 0 Å². The lowest BCUT2D eigenvalue weighted by Gasteiger charge is -2.10. The number of allylic oxidation sites excluding steroid dienone is 3. The number of nitrogens with zero attached hydrogens (tertiary/aromatic N) is 4. The topological polar surface area (TPSA) is 106 Å². The van der Waals surface area contributed by atoms with Crippen LogP contribution in [0.1, 0.15) is 31.4 Å². The Hall–Kier alpha value is -3.85. The number of amides is 1. The van der Waals surface area contributed by atoms with Crippen molar-refractivity contribution < 1.29 is 13.2 Å². The predicted molar refractivity (Wildman–Crippen MR) is 133 cm³/mol. The lowest BCUT2D eigenvalue weighted by molar-refractivity contribution is -0.112. The first kappa shape index (κ1) is 23.3. The van der Waals surface area contributed by atoms with Crippen LogP contribution in [0, 0.1) is 0 Å². The van der Waals surface area contributed by atoms with Crippen LogP contribution in [-0.2, 0) is 14.6 Å². The fourth-order valence-corrected chi connectivity index (χ4v) is 4.24. The van der Waals surface area contributed by atoms with Crippen molar-refractivity contribution in [3.8, 4) is 11.4 Å². The quantitative estimate of drug-likeness (QED) is 0.297. The van der Waals surface area contributed by atoms with Gasteiger partial charge in [-0.3, -0.25) is 9.79 Å². The van der Waals surface area contributed by atoms with E-state index in [4.69, 9.17) is 0 Å². The second kappa shape index (κ2) is 9.56. The monoisotopic (exact) mass is 475 g/mol. The van der Waals surface area contributed by atoms with Gasteiger partial charge in [0.1, 0.15) is 12.0 Å². The third-order valence-corrected chi connectivity index (χ3v) is 6.60. The van der Waals surface area contributed by atoms with Crippen molar-refractivity contribution in [3.05, 3.63) is 78.3 Å². The molecule has 1 amide bonds. The maximum atomic E-state index is 13.0. The van der Waals surface area contributed by atoms with E-state index in [1.54, 1.807) is 49.7 Å². The number of benzene rings is 2. The summed E-state index contributed by atoms with van der Waals surface area (Å²) in [6, 6.07) is 14.4. The van der Waals surface area contributed by atoms with Crippen molar-refractivity contribution in [1.82, 2.24) is 14.8 Å². The van der Waals surface area contributed by atoms with E-state index in [0.717, 1.165) is 30.5 Å². The van der Waals surface area contributed by atoms with Crippen LogP contribution < -0.4 is 5.32 Å². The minimum atomic E-state index is -3.36. The zero-order valence-corrected chi connectivity index (χ0v) is 19.8. The molecule has 0 unspecified atom stereocenters. The van der Waals surface area contributed by atoms with Gasteiger partial charge in [0.05, 0.1) is 4.90 Å². The number of sulfone groups is 1. The third-order valence-electron chi connectivity index (χ3n) is 5.49. The minimum absolute atomic E-state index is 0.101. The summed E-state index contributed by atoms with van der Waals surface area (Å²) in [5.74, 6) is 0.326. The zero-order chi connectivity index (χ0) is 24.3. The Morgan fingerprint density at radius 1 is 1.21 bits per heavy atom. The van der Waals surface area contributed by atoms with Crippen molar-refractivity contribution in [2.75, 3.05) is 11.6 Å². The molecule has 174 valence electrons. The molecular formula is C25H25N5O3S. The second-order valence-electron chi connectivity index (χ2n) is 8.06. The van der Waals surface area contributed by atoms with Crippen LogP contribution in [0.4, 0.5) is 5.69 Å². The summed E-state index contributed by atoms with van der Waals surface area (Å²) in [7, 11) is -3.36. The van der Waals surface area contributed by atoms with Crippen LogP contribution >= 0.6 is 0 Å². The first-order valence-corrected chi connectivity index (χ1v) is 12.7. The Kier molecular flexibility index (Phi) is 6.56. The number of nitrogens with one attached hydrogen (secondary N) is 1.